The van der Waals surface area contributed by atoms with Crippen molar-refractivity contribution < 1.29 is 39.0 Å². The van der Waals surface area contributed by atoms with E-state index in [1.54, 1.807) is 24.3 Å². The number of hydrogen-bond acceptors (Lipinski definition) is 9. The van der Waals surface area contributed by atoms with Gasteiger partial charge in [0.2, 0.25) is 11.8 Å². The molecule has 15 heteroatoms. The Morgan fingerprint density at radius 3 is 1.26 bits per heavy atom. The quantitative estimate of drug-likeness (QED) is 0.149. The normalized spacial score (nSPS) is 30.4. The third-order valence-corrected chi connectivity index (χ3v) is 16.2. The molecule has 4 aliphatic carbocycles. The summed E-state index contributed by atoms with van der Waals surface area (Å²) >= 11 is 0. The number of carbonyl (C=O) groups is 6. The number of fused-ring (bicyclic) bond motifs is 8. The molecule has 3 aliphatic heterocycles. The van der Waals surface area contributed by atoms with Gasteiger partial charge in [-0.15, -0.1) is 0 Å². The minimum absolute atomic E-state index is 0.143. The van der Waals surface area contributed by atoms with Crippen molar-refractivity contribution in [1.82, 2.24) is 20.4 Å². The molecule has 0 radical (unpaired) electrons. The predicted octanol–water partition coefficient (Wildman–Crippen LogP) is 5.85. The monoisotopic (exact) mass is 889 g/mol. The highest BCUT2D eigenvalue weighted by molar-refractivity contribution is 6.01. The van der Waals surface area contributed by atoms with Crippen LogP contribution in [0.15, 0.2) is 72.8 Å². The van der Waals surface area contributed by atoms with E-state index in [1.807, 2.05) is 52.0 Å². The summed E-state index contributed by atoms with van der Waals surface area (Å²) in [5.74, 6) is -4.62. The van der Waals surface area contributed by atoms with Crippen molar-refractivity contribution in [2.75, 3.05) is 18.0 Å². The molecule has 346 valence electrons. The Hall–Kier alpha value is -5.80. The van der Waals surface area contributed by atoms with E-state index in [0.717, 1.165) is 11.3 Å². The molecule has 3 aromatic carbocycles. The van der Waals surface area contributed by atoms with Crippen molar-refractivity contribution in [2.24, 2.45) is 22.3 Å². The van der Waals surface area contributed by atoms with Crippen LogP contribution in [0.4, 0.5) is 15.3 Å². The van der Waals surface area contributed by atoms with Crippen LogP contribution >= 0.6 is 0 Å². The molecule has 0 saturated carbocycles. The lowest BCUT2D eigenvalue weighted by atomic mass is 9.60. The number of primary amides is 2. The number of rotatable bonds is 9. The summed E-state index contributed by atoms with van der Waals surface area (Å²) in [6.07, 6.45) is 0.985. The molecule has 15 nitrogen and oxygen atoms in total. The maximum atomic E-state index is 15.0. The number of likely N-dealkylation sites (tertiary alicyclic amines) is 2. The van der Waals surface area contributed by atoms with Crippen molar-refractivity contribution in [2.45, 2.75) is 139 Å². The molecule has 6 amide bonds. The first-order valence-electron chi connectivity index (χ1n) is 22.8. The van der Waals surface area contributed by atoms with E-state index < -0.39 is 69.6 Å². The second-order valence-electron chi connectivity index (χ2n) is 21.0. The zero-order valence-electron chi connectivity index (χ0n) is 38.4. The molecule has 0 spiro atoms. The fourth-order valence-corrected chi connectivity index (χ4v) is 13.8. The first kappa shape index (κ1) is 45.8. The first-order valence-corrected chi connectivity index (χ1v) is 22.8. The molecule has 3 heterocycles. The van der Waals surface area contributed by atoms with E-state index in [9.17, 15) is 29.4 Å². The van der Waals surface area contributed by atoms with Crippen LogP contribution in [0, 0.1) is 10.8 Å². The van der Waals surface area contributed by atoms with E-state index >= 15 is 9.59 Å². The summed E-state index contributed by atoms with van der Waals surface area (Å²) in [4.78, 5) is 88.8. The molecule has 3 aromatic rings. The van der Waals surface area contributed by atoms with Gasteiger partial charge in [0.15, 0.2) is 0 Å². The van der Waals surface area contributed by atoms with E-state index in [1.165, 1.54) is 0 Å². The molecule has 65 heavy (non-hydrogen) atoms. The fraction of sp³-hybridized carbons (Fsp3) is 0.520. The van der Waals surface area contributed by atoms with Crippen LogP contribution in [0.5, 0.6) is 0 Å². The summed E-state index contributed by atoms with van der Waals surface area (Å²) in [6.45, 7) is 14.6. The van der Waals surface area contributed by atoms with Crippen molar-refractivity contribution >= 4 is 41.5 Å². The second kappa shape index (κ2) is 16.0. The zero-order valence-corrected chi connectivity index (χ0v) is 38.4. The number of anilines is 1. The van der Waals surface area contributed by atoms with Gasteiger partial charge in [-0.25, -0.2) is 9.59 Å². The minimum atomic E-state index is -1.66. The van der Waals surface area contributed by atoms with Gasteiger partial charge in [-0.05, 0) is 97.0 Å². The Morgan fingerprint density at radius 1 is 0.569 bits per heavy atom. The van der Waals surface area contributed by atoms with E-state index in [2.05, 4.69) is 70.4 Å². The molecule has 8 N–H and O–H groups in total. The molecular weight excluding hydrogens is 827 g/mol. The van der Waals surface area contributed by atoms with Crippen molar-refractivity contribution in [3.63, 3.8) is 0 Å². The van der Waals surface area contributed by atoms with Crippen LogP contribution in [0.3, 0.4) is 0 Å². The van der Waals surface area contributed by atoms with Crippen molar-refractivity contribution in [3.8, 4) is 0 Å². The summed E-state index contributed by atoms with van der Waals surface area (Å²) in [6, 6.07) is 21.8. The molecule has 8 atom stereocenters. The summed E-state index contributed by atoms with van der Waals surface area (Å²) in [5, 5.41) is 24.7. The van der Waals surface area contributed by atoms with Crippen LogP contribution in [-0.4, -0.2) is 93.1 Å². The van der Waals surface area contributed by atoms with Crippen LogP contribution < -0.4 is 27.0 Å². The van der Waals surface area contributed by atoms with Crippen LogP contribution in [0.1, 0.15) is 127 Å². The second-order valence-corrected chi connectivity index (χ2v) is 21.0. The van der Waals surface area contributed by atoms with Gasteiger partial charge in [-0.3, -0.25) is 39.6 Å². The number of nitrogens with two attached hydrogens (primary N) is 2. The van der Waals surface area contributed by atoms with Crippen LogP contribution in [0.25, 0.3) is 0 Å². The lowest BCUT2D eigenvalue weighted by Gasteiger charge is -2.56. The van der Waals surface area contributed by atoms with Gasteiger partial charge in [0, 0.05) is 40.7 Å². The number of carboxylic acid groups (broad SMARTS) is 2. The number of nitrogens with one attached hydrogen (secondary N) is 2. The maximum Gasteiger partial charge on any atom is 0.411 e. The van der Waals surface area contributed by atoms with Crippen molar-refractivity contribution in [1.29, 1.82) is 0 Å². The molecular formula is C50H63N7O8. The molecule has 4 unspecified atom stereocenters. The summed E-state index contributed by atoms with van der Waals surface area (Å²) < 4.78 is 0. The van der Waals surface area contributed by atoms with Crippen LogP contribution in [0.2, 0.25) is 0 Å². The van der Waals surface area contributed by atoms with Gasteiger partial charge in [-0.1, -0.05) is 109 Å². The average Bonchev–Trinajstić information content (AvgIpc) is 3.94. The number of hydrogen-bond donors (Lipinski definition) is 6. The number of benzene rings is 3. The van der Waals surface area contributed by atoms with E-state index in [-0.39, 0.29) is 29.6 Å². The lowest BCUT2D eigenvalue weighted by Crippen LogP contribution is -2.70. The molecule has 3 fully saturated rings. The fourth-order valence-electron chi connectivity index (χ4n) is 13.8. The van der Waals surface area contributed by atoms with E-state index in [4.69, 9.17) is 11.5 Å². The molecule has 10 rings (SSSR count). The molecule has 0 aromatic heterocycles. The van der Waals surface area contributed by atoms with E-state index in [0.29, 0.717) is 73.9 Å². The lowest BCUT2D eigenvalue weighted by molar-refractivity contribution is -0.150. The highest BCUT2D eigenvalue weighted by atomic mass is 16.4. The first-order chi connectivity index (χ1) is 30.5. The van der Waals surface area contributed by atoms with Gasteiger partial charge >= 0.3 is 12.2 Å². The number of nitrogens with zero attached hydrogens (tertiary/aromatic N) is 3. The average molecular weight is 890 g/mol. The third-order valence-electron chi connectivity index (χ3n) is 16.2. The van der Waals surface area contributed by atoms with Gasteiger partial charge in [0.05, 0.1) is 11.8 Å². The molecule has 3 saturated heterocycles. The number of imide groups is 2. The minimum Gasteiger partial charge on any atom is -0.465 e. The van der Waals surface area contributed by atoms with Gasteiger partial charge in [0.1, 0.15) is 11.1 Å². The zero-order chi connectivity index (χ0) is 47.2. The SMILES string of the molecule is CC(C)(C)c1ccc(N2[C@@H](C3CCCN3[C@]3(C(=O)NC(=O)O)c4ccc(cc4)C(C(N)=O)C3(C)C)CC[C@@H]2C2CCCN2[C@]2(C(=O)NC(=O)O)c3ccc(cc3)C(C(N)=O)C2(C)C)cc1. The van der Waals surface area contributed by atoms with Gasteiger partial charge in [0.25, 0.3) is 11.8 Å². The standard InChI is InChI=1S/C50H63N7O8/c1-46(2,3)30-20-22-33(23-21-30)57-36(34-10-8-26-55(34)49(42(60)53-44(62)63)31-16-12-28(13-17-31)38(40(51)58)47(49,4)5)24-25-37(57)35-11-9-27-56(35)50(43(61)54-45(64)65)32-18-14-29(15-19-32)39(41(52)59)48(50,6)7/h12-23,34-39H,8-11,24-27H2,1-7H3,(H2,51,58)(H2,52,59)(H,53,60)(H,54,61)(H,62,63)(H,64,65)/t34?,35?,36-,37-,38?,39?,49+,50+/m1/s1. The third kappa shape index (κ3) is 6.74. The highest BCUT2D eigenvalue weighted by Crippen LogP contribution is 2.60. The number of carbonyl (C=O) groups excluding carboxylic acids is 4. The smallest absolute Gasteiger partial charge is 0.411 e. The van der Waals surface area contributed by atoms with Gasteiger partial charge in [-0.2, -0.15) is 0 Å². The largest absolute Gasteiger partial charge is 0.465 e. The van der Waals surface area contributed by atoms with Gasteiger partial charge < -0.3 is 26.6 Å². The Bertz CT molecular complexity index is 2270. The Morgan fingerprint density at radius 2 is 0.938 bits per heavy atom. The van der Waals surface area contributed by atoms with Crippen molar-refractivity contribution in [3.05, 3.63) is 101 Å². The maximum absolute atomic E-state index is 15.0. The summed E-state index contributed by atoms with van der Waals surface area (Å²) in [5.41, 5.74) is 10.9. The Labute approximate surface area is 380 Å². The molecule has 7 aliphatic rings. The van der Waals surface area contributed by atoms with Crippen LogP contribution in [-0.2, 0) is 35.7 Å². The molecule has 4 bridgehead atoms. The Kier molecular flexibility index (Phi) is 11.2. The predicted molar refractivity (Wildman–Crippen MR) is 244 cm³/mol. The summed E-state index contributed by atoms with van der Waals surface area (Å²) in [7, 11) is 0. The Balaban J connectivity index is 1.30. The topological polar surface area (TPSA) is 229 Å². The number of amides is 6. The highest BCUT2D eigenvalue weighted by Gasteiger charge is 2.67.